The number of fused-ring (bicyclic) bond motifs is 3. The summed E-state index contributed by atoms with van der Waals surface area (Å²) in [5.74, 6) is 0.218. The minimum absolute atomic E-state index is 0.196. The predicted octanol–water partition coefficient (Wildman–Crippen LogP) is -0.314. The van der Waals surface area contributed by atoms with Gasteiger partial charge in [-0.25, -0.2) is 9.97 Å². The second-order valence-corrected chi connectivity index (χ2v) is 8.42. The molecule has 0 saturated carbocycles. The third-order valence-electron chi connectivity index (χ3n) is 4.99. The Balaban J connectivity index is 1.84. The zero-order valence-corrected chi connectivity index (χ0v) is 18.3. The molecule has 1 amide bonds. The van der Waals surface area contributed by atoms with E-state index in [-0.39, 0.29) is 23.3 Å². The van der Waals surface area contributed by atoms with Gasteiger partial charge < -0.3 is 5.32 Å². The van der Waals surface area contributed by atoms with Crippen molar-refractivity contribution in [3.05, 3.63) is 58.3 Å². The lowest BCUT2D eigenvalue weighted by atomic mass is 9.41. The highest BCUT2D eigenvalue weighted by molar-refractivity contribution is 6.58. The predicted molar refractivity (Wildman–Crippen MR) is 130 cm³/mol. The number of hydrogen-bond donors (Lipinski definition) is 1. The van der Waals surface area contributed by atoms with Gasteiger partial charge in [0.05, 0.1) is 34.6 Å². The van der Waals surface area contributed by atoms with E-state index in [1.807, 2.05) is 0 Å². The lowest BCUT2D eigenvalue weighted by Gasteiger charge is -2.19. The lowest BCUT2D eigenvalue weighted by Crippen LogP contribution is -2.31. The molecular weight excluding hydrogens is 412 g/mol. The standard InChI is InChI=1S/C21H18B4N6O2/c1-11(2)7-13-8-18-30(10-17(32)28-16-6-3-12(22)9-26-16)20(33)14-4-5-15(21(23,24)25)27-19(14)31(18)29-13/h3-6,8-9,11H,7,10H2,1-2H3,(H,26,28,32). The molecular formula is C21H18B4N6O2. The number of pyridine rings is 2. The molecule has 0 atom stereocenters. The first-order valence-corrected chi connectivity index (χ1v) is 10.3. The zero-order valence-electron chi connectivity index (χ0n) is 18.3. The molecule has 8 radical (unpaired) electrons. The van der Waals surface area contributed by atoms with Crippen LogP contribution in [0.15, 0.2) is 41.3 Å². The minimum atomic E-state index is -1.69. The fourth-order valence-electron chi connectivity index (χ4n) is 3.51. The Morgan fingerprint density at radius 2 is 1.94 bits per heavy atom. The van der Waals surface area contributed by atoms with Crippen LogP contribution >= 0.6 is 0 Å². The van der Waals surface area contributed by atoms with Crippen molar-refractivity contribution in [3.63, 3.8) is 0 Å². The minimum Gasteiger partial charge on any atom is -0.309 e. The van der Waals surface area contributed by atoms with Crippen molar-refractivity contribution in [1.29, 1.82) is 0 Å². The molecule has 0 aliphatic rings. The maximum absolute atomic E-state index is 13.3. The Hall–Kier alpha value is -3.29. The van der Waals surface area contributed by atoms with E-state index in [0.29, 0.717) is 29.3 Å². The second-order valence-electron chi connectivity index (χ2n) is 8.42. The summed E-state index contributed by atoms with van der Waals surface area (Å²) in [5.41, 5.74) is 1.67. The molecule has 0 spiro atoms. The quantitative estimate of drug-likeness (QED) is 0.424. The monoisotopic (exact) mass is 430 g/mol. The fourth-order valence-corrected chi connectivity index (χ4v) is 3.51. The Labute approximate surface area is 195 Å². The molecule has 12 heteroatoms. The van der Waals surface area contributed by atoms with Crippen molar-refractivity contribution >= 4 is 65.3 Å². The van der Waals surface area contributed by atoms with Crippen molar-refractivity contribution in [1.82, 2.24) is 24.1 Å². The number of rotatable bonds is 6. The smallest absolute Gasteiger partial charge is 0.263 e. The molecule has 0 aliphatic heterocycles. The average molecular weight is 430 g/mol. The summed E-state index contributed by atoms with van der Waals surface area (Å²) < 4.78 is 2.85. The molecule has 4 heterocycles. The maximum atomic E-state index is 13.3. The first-order valence-electron chi connectivity index (χ1n) is 10.3. The molecule has 8 nitrogen and oxygen atoms in total. The molecule has 0 saturated heterocycles. The van der Waals surface area contributed by atoms with E-state index in [2.05, 4.69) is 34.2 Å². The first kappa shape index (κ1) is 22.9. The average Bonchev–Trinajstić information content (AvgIpc) is 3.14. The molecule has 156 valence electrons. The highest BCUT2D eigenvalue weighted by atomic mass is 16.2. The van der Waals surface area contributed by atoms with Crippen LogP contribution in [0.3, 0.4) is 0 Å². The van der Waals surface area contributed by atoms with E-state index in [1.165, 1.54) is 27.4 Å². The molecule has 1 N–H and O–H groups in total. The molecule has 0 bridgehead atoms. The molecule has 4 rings (SSSR count). The van der Waals surface area contributed by atoms with Gasteiger partial charge in [0.25, 0.3) is 5.56 Å². The number of anilines is 1. The molecule has 4 aromatic heterocycles. The molecule has 33 heavy (non-hydrogen) atoms. The SMILES string of the molecule is [B]c1ccc(NC(=O)Cn2c(=O)c3ccc(C([B])([B])[B])nc3n3nc(CC(C)C)cc23)nc1. The van der Waals surface area contributed by atoms with E-state index in [9.17, 15) is 9.59 Å². The molecule has 0 unspecified atom stereocenters. The van der Waals surface area contributed by atoms with Gasteiger partial charge in [-0.15, -0.1) is 0 Å². The van der Waals surface area contributed by atoms with Crippen molar-refractivity contribution in [2.75, 3.05) is 5.32 Å². The molecule has 0 aliphatic carbocycles. The highest BCUT2D eigenvalue weighted by Crippen LogP contribution is 2.19. The molecule has 0 aromatic carbocycles. The normalized spacial score (nSPS) is 12.0. The van der Waals surface area contributed by atoms with Gasteiger partial charge in [0, 0.05) is 18.0 Å². The van der Waals surface area contributed by atoms with Gasteiger partial charge in [0.1, 0.15) is 25.9 Å². The molecule has 0 fully saturated rings. The van der Waals surface area contributed by atoms with Crippen LogP contribution < -0.4 is 16.3 Å². The largest absolute Gasteiger partial charge is 0.309 e. The highest BCUT2D eigenvalue weighted by Gasteiger charge is 2.20. The van der Waals surface area contributed by atoms with Crippen molar-refractivity contribution in [2.45, 2.75) is 31.9 Å². The number of hydrogen-bond acceptors (Lipinski definition) is 5. The Kier molecular flexibility index (Phi) is 5.95. The van der Waals surface area contributed by atoms with Crippen molar-refractivity contribution in [3.8, 4) is 0 Å². The van der Waals surface area contributed by atoms with Crippen LogP contribution in [-0.4, -0.2) is 61.4 Å². The van der Waals surface area contributed by atoms with E-state index < -0.39 is 16.6 Å². The van der Waals surface area contributed by atoms with Gasteiger partial charge in [-0.1, -0.05) is 30.5 Å². The van der Waals surface area contributed by atoms with Gasteiger partial charge in [0.15, 0.2) is 5.65 Å². The number of nitrogens with one attached hydrogen (secondary N) is 1. The summed E-state index contributed by atoms with van der Waals surface area (Å²) in [5, 5.41) is 5.84. The number of carbonyl (C=O) groups excluding carboxylic acids is 1. The van der Waals surface area contributed by atoms with Gasteiger partial charge in [-0.3, -0.25) is 14.2 Å². The maximum Gasteiger partial charge on any atom is 0.263 e. The molecule has 4 aromatic rings. The topological polar surface area (TPSA) is 94.2 Å². The number of aromatic nitrogens is 5. The second kappa shape index (κ2) is 8.57. The van der Waals surface area contributed by atoms with E-state index >= 15 is 0 Å². The summed E-state index contributed by atoms with van der Waals surface area (Å²) in [6.07, 6.45) is 2.11. The number of carbonyl (C=O) groups is 1. The third kappa shape index (κ3) is 4.74. The van der Waals surface area contributed by atoms with Crippen molar-refractivity contribution < 1.29 is 4.79 Å². The van der Waals surface area contributed by atoms with Crippen LogP contribution in [0, 0.1) is 5.92 Å². The van der Waals surface area contributed by atoms with Gasteiger partial charge >= 0.3 is 0 Å². The van der Waals surface area contributed by atoms with Crippen LogP contribution in [0.25, 0.3) is 16.7 Å². The fraction of sp³-hybridized carbons (Fsp3) is 0.286. The Morgan fingerprint density at radius 1 is 1.18 bits per heavy atom. The summed E-state index contributed by atoms with van der Waals surface area (Å²) >= 11 is 0. The summed E-state index contributed by atoms with van der Waals surface area (Å²) in [6.45, 7) is 3.86. The van der Waals surface area contributed by atoms with Gasteiger partial charge in [0.2, 0.25) is 5.91 Å². The summed E-state index contributed by atoms with van der Waals surface area (Å²) in [4.78, 5) is 34.5. The number of nitrogens with zero attached hydrogens (tertiary/aromatic N) is 5. The van der Waals surface area contributed by atoms with Crippen LogP contribution in [0.4, 0.5) is 5.82 Å². The van der Waals surface area contributed by atoms with E-state index in [4.69, 9.17) is 31.4 Å². The van der Waals surface area contributed by atoms with E-state index in [1.54, 1.807) is 18.2 Å². The first-order chi connectivity index (χ1) is 15.5. The zero-order chi connectivity index (χ0) is 23.9. The Bertz CT molecular complexity index is 1410. The van der Waals surface area contributed by atoms with Gasteiger partial charge in [-0.05, 0) is 30.5 Å². The lowest BCUT2D eigenvalue weighted by molar-refractivity contribution is -0.116. The summed E-state index contributed by atoms with van der Waals surface area (Å²) in [7, 11) is 23.0. The van der Waals surface area contributed by atoms with Crippen LogP contribution in [0.5, 0.6) is 0 Å². The number of amides is 1. The van der Waals surface area contributed by atoms with Crippen LogP contribution in [0.2, 0.25) is 0 Å². The van der Waals surface area contributed by atoms with Crippen LogP contribution in [-0.2, 0) is 22.9 Å². The third-order valence-corrected chi connectivity index (χ3v) is 4.99. The van der Waals surface area contributed by atoms with Crippen molar-refractivity contribution in [2.24, 2.45) is 5.92 Å². The van der Waals surface area contributed by atoms with E-state index in [0.717, 1.165) is 5.69 Å². The van der Waals surface area contributed by atoms with Gasteiger partial charge in [-0.2, -0.15) is 9.61 Å². The summed E-state index contributed by atoms with van der Waals surface area (Å²) in [6, 6.07) is 7.98. The Morgan fingerprint density at radius 3 is 2.58 bits per heavy atom. The van der Waals surface area contributed by atoms with Crippen LogP contribution in [0.1, 0.15) is 25.2 Å².